The summed E-state index contributed by atoms with van der Waals surface area (Å²) in [7, 11) is 1.68. The fourth-order valence-corrected chi connectivity index (χ4v) is 2.19. The lowest BCUT2D eigenvalue weighted by Crippen LogP contribution is -2.40. The number of likely N-dealkylation sites (N-methyl/N-ethyl adjacent to an activating group) is 1. The predicted octanol–water partition coefficient (Wildman–Crippen LogP) is 1.76. The van der Waals surface area contributed by atoms with Crippen molar-refractivity contribution < 1.29 is 14.2 Å². The minimum absolute atomic E-state index is 0.0760. The van der Waals surface area contributed by atoms with Crippen LogP contribution < -0.4 is 10.1 Å². The first-order chi connectivity index (χ1) is 8.85. The fourth-order valence-electron chi connectivity index (χ4n) is 2.19. The predicted molar refractivity (Wildman–Crippen MR) is 70.0 cm³/mol. The molecule has 0 aromatic heterocycles. The third-order valence-electron chi connectivity index (χ3n) is 3.11. The zero-order valence-corrected chi connectivity index (χ0v) is 11.0. The quantitative estimate of drug-likeness (QED) is 0.865. The Kier molecular flexibility index (Phi) is 4.99. The second-order valence-electron chi connectivity index (χ2n) is 4.29. The lowest BCUT2D eigenvalue weighted by molar-refractivity contribution is -0.102. The summed E-state index contributed by atoms with van der Waals surface area (Å²) in [6, 6.07) is 8.27. The molecule has 1 N–H and O–H groups in total. The molecule has 2 atom stereocenters. The van der Waals surface area contributed by atoms with Gasteiger partial charge in [0, 0.05) is 0 Å². The van der Waals surface area contributed by atoms with Gasteiger partial charge in [-0.2, -0.15) is 0 Å². The average Bonchev–Trinajstić information content (AvgIpc) is 2.46. The molecule has 1 aliphatic rings. The van der Waals surface area contributed by atoms with E-state index >= 15 is 0 Å². The second-order valence-corrected chi connectivity index (χ2v) is 4.29. The van der Waals surface area contributed by atoms with Crippen LogP contribution in [0.15, 0.2) is 24.3 Å². The minimum Gasteiger partial charge on any atom is -0.497 e. The van der Waals surface area contributed by atoms with E-state index in [1.165, 1.54) is 5.56 Å². The van der Waals surface area contributed by atoms with Gasteiger partial charge in [-0.25, -0.2) is 0 Å². The van der Waals surface area contributed by atoms with E-state index in [0.29, 0.717) is 19.8 Å². The Balaban J connectivity index is 2.11. The molecule has 0 amide bonds. The molecule has 0 bridgehead atoms. The molecule has 1 aromatic rings. The van der Waals surface area contributed by atoms with Gasteiger partial charge in [-0.3, -0.25) is 0 Å². The van der Waals surface area contributed by atoms with Crippen molar-refractivity contribution in [1.82, 2.24) is 5.32 Å². The first-order valence-corrected chi connectivity index (χ1v) is 6.42. The number of rotatable bonds is 5. The molecule has 1 heterocycles. The van der Waals surface area contributed by atoms with Crippen LogP contribution >= 0.6 is 0 Å². The molecule has 4 nitrogen and oxygen atoms in total. The SMILES string of the molecule is CCNC(c1ccc(OC)cc1)C1COCCO1. The Bertz CT molecular complexity index is 347. The number of hydrogen-bond donors (Lipinski definition) is 1. The molecule has 1 saturated heterocycles. The van der Waals surface area contributed by atoms with Crippen molar-refractivity contribution >= 4 is 0 Å². The van der Waals surface area contributed by atoms with Gasteiger partial charge in [-0.05, 0) is 24.2 Å². The number of ether oxygens (including phenoxy) is 3. The van der Waals surface area contributed by atoms with Crippen LogP contribution in [-0.4, -0.2) is 39.6 Å². The average molecular weight is 251 g/mol. The highest BCUT2D eigenvalue weighted by Gasteiger charge is 2.25. The highest BCUT2D eigenvalue weighted by atomic mass is 16.6. The highest BCUT2D eigenvalue weighted by molar-refractivity contribution is 5.29. The van der Waals surface area contributed by atoms with Crippen molar-refractivity contribution in [1.29, 1.82) is 0 Å². The van der Waals surface area contributed by atoms with Crippen LogP contribution in [-0.2, 0) is 9.47 Å². The number of benzene rings is 1. The third kappa shape index (κ3) is 3.22. The first-order valence-electron chi connectivity index (χ1n) is 6.42. The number of hydrogen-bond acceptors (Lipinski definition) is 4. The second kappa shape index (κ2) is 6.73. The van der Waals surface area contributed by atoms with E-state index in [1.54, 1.807) is 7.11 Å². The van der Waals surface area contributed by atoms with Gasteiger partial charge in [-0.15, -0.1) is 0 Å². The van der Waals surface area contributed by atoms with Crippen LogP contribution in [0.4, 0.5) is 0 Å². The van der Waals surface area contributed by atoms with E-state index in [4.69, 9.17) is 14.2 Å². The van der Waals surface area contributed by atoms with E-state index in [1.807, 2.05) is 12.1 Å². The highest BCUT2D eigenvalue weighted by Crippen LogP contribution is 2.23. The van der Waals surface area contributed by atoms with Gasteiger partial charge in [0.25, 0.3) is 0 Å². The van der Waals surface area contributed by atoms with Crippen molar-refractivity contribution in [3.05, 3.63) is 29.8 Å². The summed E-state index contributed by atoms with van der Waals surface area (Å²) in [5, 5.41) is 3.46. The fraction of sp³-hybridized carbons (Fsp3) is 0.571. The lowest BCUT2D eigenvalue weighted by Gasteiger charge is -2.31. The van der Waals surface area contributed by atoms with Crippen LogP contribution in [0, 0.1) is 0 Å². The summed E-state index contributed by atoms with van der Waals surface area (Å²) in [4.78, 5) is 0. The van der Waals surface area contributed by atoms with Crippen LogP contribution in [0.5, 0.6) is 5.75 Å². The molecule has 0 spiro atoms. The Labute approximate surface area is 108 Å². The maximum absolute atomic E-state index is 5.78. The Hall–Kier alpha value is -1.10. The maximum atomic E-state index is 5.78. The third-order valence-corrected chi connectivity index (χ3v) is 3.11. The van der Waals surface area contributed by atoms with Crippen LogP contribution in [0.3, 0.4) is 0 Å². The van der Waals surface area contributed by atoms with E-state index in [9.17, 15) is 0 Å². The topological polar surface area (TPSA) is 39.7 Å². The van der Waals surface area contributed by atoms with Gasteiger partial charge in [-0.1, -0.05) is 19.1 Å². The Morgan fingerprint density at radius 1 is 1.33 bits per heavy atom. The van der Waals surface area contributed by atoms with Gasteiger partial charge in [0.2, 0.25) is 0 Å². The summed E-state index contributed by atoms with van der Waals surface area (Å²) < 4.78 is 16.4. The van der Waals surface area contributed by atoms with Gasteiger partial charge in [0.05, 0.1) is 33.0 Å². The molecule has 1 aromatic carbocycles. The van der Waals surface area contributed by atoms with Gasteiger partial charge in [0.1, 0.15) is 11.9 Å². The summed E-state index contributed by atoms with van der Waals surface area (Å²) in [5.41, 5.74) is 1.20. The molecule has 18 heavy (non-hydrogen) atoms. The molecular formula is C14H21NO3. The number of nitrogens with one attached hydrogen (secondary N) is 1. The van der Waals surface area contributed by atoms with Gasteiger partial charge in [0.15, 0.2) is 0 Å². The normalized spacial score (nSPS) is 21.6. The van der Waals surface area contributed by atoms with Gasteiger partial charge >= 0.3 is 0 Å². The molecule has 1 fully saturated rings. The van der Waals surface area contributed by atoms with E-state index < -0.39 is 0 Å². The van der Waals surface area contributed by atoms with Crippen molar-refractivity contribution in [2.24, 2.45) is 0 Å². The Morgan fingerprint density at radius 2 is 2.11 bits per heavy atom. The minimum atomic E-state index is 0.0760. The molecule has 1 aliphatic heterocycles. The summed E-state index contributed by atoms with van der Waals surface area (Å²) in [5.74, 6) is 0.870. The van der Waals surface area contributed by atoms with Crippen molar-refractivity contribution in [2.75, 3.05) is 33.5 Å². The maximum Gasteiger partial charge on any atom is 0.118 e. The summed E-state index contributed by atoms with van der Waals surface area (Å²) in [6.45, 7) is 5.00. The van der Waals surface area contributed by atoms with Crippen molar-refractivity contribution in [3.63, 3.8) is 0 Å². The molecule has 4 heteroatoms. The zero-order valence-electron chi connectivity index (χ0n) is 11.0. The van der Waals surface area contributed by atoms with E-state index in [0.717, 1.165) is 12.3 Å². The van der Waals surface area contributed by atoms with Crippen molar-refractivity contribution in [2.45, 2.75) is 19.1 Å². The summed E-state index contributed by atoms with van der Waals surface area (Å²) >= 11 is 0. The molecule has 0 radical (unpaired) electrons. The molecule has 2 rings (SSSR count). The van der Waals surface area contributed by atoms with Crippen LogP contribution in [0.1, 0.15) is 18.5 Å². The standard InChI is InChI=1S/C14H21NO3/c1-3-15-14(13-10-17-8-9-18-13)11-4-6-12(16-2)7-5-11/h4-7,13-15H,3,8-10H2,1-2H3. The Morgan fingerprint density at radius 3 is 2.67 bits per heavy atom. The molecule has 0 saturated carbocycles. The van der Waals surface area contributed by atoms with Crippen LogP contribution in [0.25, 0.3) is 0 Å². The van der Waals surface area contributed by atoms with Crippen LogP contribution in [0.2, 0.25) is 0 Å². The van der Waals surface area contributed by atoms with Crippen molar-refractivity contribution in [3.8, 4) is 5.75 Å². The summed E-state index contributed by atoms with van der Waals surface area (Å²) in [6.07, 6.45) is 0.0760. The molecular weight excluding hydrogens is 230 g/mol. The largest absolute Gasteiger partial charge is 0.497 e. The molecule has 2 unspecified atom stereocenters. The first kappa shape index (κ1) is 13.3. The lowest BCUT2D eigenvalue weighted by atomic mass is 10.0. The smallest absolute Gasteiger partial charge is 0.118 e. The molecule has 100 valence electrons. The number of methoxy groups -OCH3 is 1. The van der Waals surface area contributed by atoms with E-state index in [-0.39, 0.29) is 12.1 Å². The monoisotopic (exact) mass is 251 g/mol. The van der Waals surface area contributed by atoms with E-state index in [2.05, 4.69) is 24.4 Å². The molecule has 0 aliphatic carbocycles. The zero-order chi connectivity index (χ0) is 12.8. The van der Waals surface area contributed by atoms with Gasteiger partial charge < -0.3 is 19.5 Å².